The summed E-state index contributed by atoms with van der Waals surface area (Å²) in [5.74, 6) is 0.166. The van der Waals surface area contributed by atoms with E-state index < -0.39 is 29.2 Å². The zero-order chi connectivity index (χ0) is 21.8. The molecule has 9 heteroatoms. The van der Waals surface area contributed by atoms with Gasteiger partial charge in [0.2, 0.25) is 11.8 Å². The lowest BCUT2D eigenvalue weighted by molar-refractivity contribution is -0.144. The molecule has 1 aliphatic heterocycles. The molecule has 2 heterocycles. The van der Waals surface area contributed by atoms with E-state index in [9.17, 15) is 19.8 Å². The van der Waals surface area contributed by atoms with Crippen molar-refractivity contribution in [1.29, 1.82) is 0 Å². The molecule has 2 aliphatic carbocycles. The average Bonchev–Trinajstić information content (AvgIpc) is 3.43. The summed E-state index contributed by atoms with van der Waals surface area (Å²) < 4.78 is 1.53. The number of nitrogens with one attached hydrogen (secondary N) is 1. The van der Waals surface area contributed by atoms with Crippen molar-refractivity contribution in [3.8, 4) is 0 Å². The predicted molar refractivity (Wildman–Crippen MR) is 108 cm³/mol. The van der Waals surface area contributed by atoms with Crippen LogP contribution in [0.4, 0.5) is 0 Å². The maximum Gasteiger partial charge on any atom is 0.248 e. The summed E-state index contributed by atoms with van der Waals surface area (Å²) in [6.07, 6.45) is 5.05. The maximum absolute atomic E-state index is 13.6. The van der Waals surface area contributed by atoms with Crippen LogP contribution in [0.3, 0.4) is 0 Å². The van der Waals surface area contributed by atoms with Crippen molar-refractivity contribution >= 4 is 11.8 Å². The van der Waals surface area contributed by atoms with Gasteiger partial charge >= 0.3 is 0 Å². The molecule has 3 aliphatic rings. The number of aliphatic hydroxyl groups excluding tert-OH is 1. The first-order valence-electron chi connectivity index (χ1n) is 10.9. The summed E-state index contributed by atoms with van der Waals surface area (Å²) in [6.45, 7) is 5.92. The topological polar surface area (TPSA) is 121 Å². The average molecular weight is 420 g/mol. The summed E-state index contributed by atoms with van der Waals surface area (Å²) in [5.41, 5.74) is -0.956. The highest BCUT2D eigenvalue weighted by Gasteiger charge is 2.53. The largest absolute Gasteiger partial charge is 0.391 e. The molecule has 1 saturated heterocycles. The van der Waals surface area contributed by atoms with E-state index in [0.717, 1.165) is 19.3 Å². The van der Waals surface area contributed by atoms with Gasteiger partial charge in [-0.3, -0.25) is 9.59 Å². The van der Waals surface area contributed by atoms with Crippen LogP contribution in [0.1, 0.15) is 64.6 Å². The number of hydrogen-bond donors (Lipinski definition) is 3. The van der Waals surface area contributed by atoms with E-state index in [1.54, 1.807) is 6.20 Å². The van der Waals surface area contributed by atoms with Gasteiger partial charge in [0.25, 0.3) is 0 Å². The highest BCUT2D eigenvalue weighted by molar-refractivity contribution is 5.90. The summed E-state index contributed by atoms with van der Waals surface area (Å²) in [5, 5.41) is 32.5. The zero-order valence-corrected chi connectivity index (χ0v) is 18.2. The number of aliphatic hydroxyl groups is 2. The van der Waals surface area contributed by atoms with Gasteiger partial charge in [0.05, 0.1) is 12.3 Å². The summed E-state index contributed by atoms with van der Waals surface area (Å²) in [7, 11) is 1.52. The Morgan fingerprint density at radius 1 is 1.30 bits per heavy atom. The Morgan fingerprint density at radius 3 is 2.60 bits per heavy atom. The van der Waals surface area contributed by atoms with E-state index in [-0.39, 0.29) is 30.7 Å². The predicted octanol–water partition coefficient (Wildman–Crippen LogP) is 0.581. The fraction of sp³-hybridized carbons (Fsp3) is 0.810. The Bertz CT molecular complexity index is 834. The number of carbonyl (C=O) groups is 2. The second-order valence-corrected chi connectivity index (χ2v) is 10.4. The fourth-order valence-electron chi connectivity index (χ4n) is 5.73. The molecule has 166 valence electrons. The molecule has 0 radical (unpaired) electrons. The number of likely N-dealkylation sites (N-methyl/N-ethyl adjacent to an activating group) is 1. The zero-order valence-electron chi connectivity index (χ0n) is 18.2. The molecule has 3 N–H and O–H groups in total. The lowest BCUT2D eigenvalue weighted by Crippen LogP contribution is -2.49. The lowest BCUT2D eigenvalue weighted by atomic mass is 9.82. The first-order chi connectivity index (χ1) is 14.0. The number of rotatable bonds is 4. The van der Waals surface area contributed by atoms with Crippen LogP contribution in [-0.2, 0) is 15.2 Å². The molecular formula is C21H33N5O4. The summed E-state index contributed by atoms with van der Waals surface area (Å²) >= 11 is 0. The molecule has 4 rings (SSSR count). The molecule has 3 fully saturated rings. The molecule has 30 heavy (non-hydrogen) atoms. The first kappa shape index (κ1) is 21.2. The van der Waals surface area contributed by atoms with Gasteiger partial charge in [-0.2, -0.15) is 0 Å². The van der Waals surface area contributed by atoms with Crippen molar-refractivity contribution in [2.24, 2.45) is 17.3 Å². The van der Waals surface area contributed by atoms with Gasteiger partial charge in [-0.05, 0) is 42.9 Å². The molecule has 0 spiro atoms. The fourth-order valence-corrected chi connectivity index (χ4v) is 5.73. The van der Waals surface area contributed by atoms with Crippen molar-refractivity contribution in [2.75, 3.05) is 13.6 Å². The summed E-state index contributed by atoms with van der Waals surface area (Å²) in [4.78, 5) is 27.3. The molecule has 1 aromatic heterocycles. The Kier molecular flexibility index (Phi) is 5.17. The normalized spacial score (nSPS) is 34.4. The van der Waals surface area contributed by atoms with Crippen molar-refractivity contribution in [2.45, 2.75) is 76.7 Å². The lowest BCUT2D eigenvalue weighted by Gasteiger charge is -2.34. The van der Waals surface area contributed by atoms with Gasteiger partial charge < -0.3 is 20.4 Å². The highest BCUT2D eigenvalue weighted by atomic mass is 16.3. The van der Waals surface area contributed by atoms with E-state index in [1.165, 1.54) is 16.6 Å². The third kappa shape index (κ3) is 3.41. The molecule has 2 amide bonds. The second-order valence-electron chi connectivity index (χ2n) is 10.4. The van der Waals surface area contributed by atoms with Crippen LogP contribution in [0.15, 0.2) is 6.20 Å². The van der Waals surface area contributed by atoms with Crippen LogP contribution in [0.25, 0.3) is 0 Å². The Balaban J connectivity index is 1.64. The molecule has 0 aromatic carbocycles. The van der Waals surface area contributed by atoms with Crippen LogP contribution in [0, 0.1) is 17.3 Å². The van der Waals surface area contributed by atoms with Crippen LogP contribution < -0.4 is 5.32 Å². The van der Waals surface area contributed by atoms with E-state index in [1.807, 2.05) is 20.8 Å². The van der Waals surface area contributed by atoms with Gasteiger partial charge in [0, 0.05) is 20.0 Å². The van der Waals surface area contributed by atoms with E-state index >= 15 is 0 Å². The third-order valence-corrected chi connectivity index (χ3v) is 7.20. The number of aromatic nitrogens is 3. The quantitative estimate of drug-likeness (QED) is 0.657. The van der Waals surface area contributed by atoms with Crippen LogP contribution in [0.5, 0.6) is 0 Å². The van der Waals surface area contributed by atoms with Gasteiger partial charge in [-0.15, -0.1) is 5.10 Å². The number of fused-ring (bicyclic) bond motifs is 2. The maximum atomic E-state index is 13.6. The van der Waals surface area contributed by atoms with Crippen molar-refractivity contribution < 1.29 is 19.8 Å². The molecular weight excluding hydrogens is 386 g/mol. The molecule has 2 bridgehead atoms. The molecule has 2 saturated carbocycles. The molecule has 3 unspecified atom stereocenters. The third-order valence-electron chi connectivity index (χ3n) is 7.20. The number of nitrogens with zero attached hydrogens (tertiary/aromatic N) is 4. The van der Waals surface area contributed by atoms with E-state index in [4.69, 9.17) is 0 Å². The monoisotopic (exact) mass is 419 g/mol. The number of amides is 2. The number of carbonyl (C=O) groups excluding carboxylic acids is 2. The molecule has 9 nitrogen and oxygen atoms in total. The van der Waals surface area contributed by atoms with Crippen LogP contribution >= 0.6 is 0 Å². The van der Waals surface area contributed by atoms with Gasteiger partial charge in [0.15, 0.2) is 0 Å². The highest BCUT2D eigenvalue weighted by Crippen LogP contribution is 2.55. The minimum atomic E-state index is -0.971. The van der Waals surface area contributed by atoms with E-state index in [0.29, 0.717) is 18.0 Å². The van der Waals surface area contributed by atoms with Gasteiger partial charge in [-0.1, -0.05) is 26.0 Å². The number of hydrogen-bond acceptors (Lipinski definition) is 6. The van der Waals surface area contributed by atoms with Gasteiger partial charge in [-0.25, -0.2) is 4.68 Å². The van der Waals surface area contributed by atoms with Crippen molar-refractivity contribution in [1.82, 2.24) is 25.2 Å². The van der Waals surface area contributed by atoms with Crippen molar-refractivity contribution in [3.05, 3.63) is 11.9 Å². The van der Waals surface area contributed by atoms with Crippen molar-refractivity contribution in [3.63, 3.8) is 0 Å². The van der Waals surface area contributed by atoms with Gasteiger partial charge in [0.1, 0.15) is 23.4 Å². The van der Waals surface area contributed by atoms with E-state index in [2.05, 4.69) is 15.6 Å². The Hall–Kier alpha value is -2.00. The summed E-state index contributed by atoms with van der Waals surface area (Å²) in [6, 6.07) is -1.42. The minimum Gasteiger partial charge on any atom is -0.391 e. The Labute approximate surface area is 176 Å². The second kappa shape index (κ2) is 7.30. The smallest absolute Gasteiger partial charge is 0.248 e. The minimum absolute atomic E-state index is 0.110. The molecule has 1 aromatic rings. The number of β-amino-alcohol motifs (C(OH)–C–C–N with tert-alkyl or cyclic N) is 1. The van der Waals surface area contributed by atoms with Crippen LogP contribution in [0.2, 0.25) is 0 Å². The van der Waals surface area contributed by atoms with Crippen LogP contribution in [-0.4, -0.2) is 67.7 Å². The SMILES string of the molecule is CNC(=O)[C@H]1C[C@H](O)CN1C(=O)[C@@H](n1cc(C2(O)CC3CCC2C3)nn1)C(C)(C)C. The number of likely N-dealkylation sites (tertiary alicyclic amines) is 1. The Morgan fingerprint density at radius 2 is 2.03 bits per heavy atom. The standard InChI is InChI=1S/C21H33N5O4/c1-20(2,3)17(19(29)25-10-14(27)8-15(25)18(28)22-4)26-11-16(23-24-26)21(30)9-12-5-6-13(21)7-12/h11-15,17,27,30H,5-10H2,1-4H3,(H,22,28)/t12?,13?,14-,15+,17+,21?/m0/s1. The molecule has 6 atom stereocenters. The first-order valence-corrected chi connectivity index (χ1v) is 10.9.